The largest absolute Gasteiger partial charge is 0.466 e. The molecule has 8 heteroatoms. The topological polar surface area (TPSA) is 92.5 Å². The Kier molecular flexibility index (Phi) is 5.22. The van der Waals surface area contributed by atoms with E-state index in [0.717, 1.165) is 22.2 Å². The van der Waals surface area contributed by atoms with Crippen LogP contribution in [-0.2, 0) is 4.79 Å². The van der Waals surface area contributed by atoms with Gasteiger partial charge in [0.25, 0.3) is 17.1 Å². The highest BCUT2D eigenvalue weighted by Crippen LogP contribution is 2.31. The third-order valence-corrected chi connectivity index (χ3v) is 4.67. The van der Waals surface area contributed by atoms with E-state index < -0.39 is 0 Å². The molecular formula is C18H17N3O4S. The minimum absolute atomic E-state index is 0.108. The maximum absolute atomic E-state index is 12.4. The van der Waals surface area contributed by atoms with Crippen LogP contribution in [0.3, 0.4) is 0 Å². The van der Waals surface area contributed by atoms with Crippen LogP contribution in [0.4, 0.5) is 4.79 Å². The highest BCUT2D eigenvalue weighted by Gasteiger charge is 2.34. The average Bonchev–Trinajstić information content (AvgIpc) is 3.08. The fraction of sp³-hybridized carbons (Fsp3) is 0.222. The van der Waals surface area contributed by atoms with Crippen LogP contribution in [0.1, 0.15) is 27.4 Å². The molecular weight excluding hydrogens is 354 g/mol. The molecule has 1 aliphatic heterocycles. The molecule has 0 aliphatic carbocycles. The van der Waals surface area contributed by atoms with Gasteiger partial charge in [-0.3, -0.25) is 24.3 Å². The van der Waals surface area contributed by atoms with Gasteiger partial charge in [-0.05, 0) is 49.4 Å². The first-order valence-electron chi connectivity index (χ1n) is 7.96. The first kappa shape index (κ1) is 17.9. The quantitative estimate of drug-likeness (QED) is 0.813. The molecule has 0 radical (unpaired) electrons. The van der Waals surface area contributed by atoms with Crippen molar-refractivity contribution >= 4 is 34.9 Å². The monoisotopic (exact) mass is 371 g/mol. The second kappa shape index (κ2) is 7.57. The Bertz CT molecular complexity index is 889. The molecule has 2 aromatic heterocycles. The number of amides is 3. The zero-order chi connectivity index (χ0) is 18.7. The van der Waals surface area contributed by atoms with Gasteiger partial charge in [-0.25, -0.2) is 0 Å². The van der Waals surface area contributed by atoms with Gasteiger partial charge < -0.3 is 9.73 Å². The van der Waals surface area contributed by atoms with Crippen LogP contribution in [0, 0.1) is 13.8 Å². The number of aromatic nitrogens is 1. The first-order chi connectivity index (χ1) is 12.5. The molecule has 134 valence electrons. The lowest BCUT2D eigenvalue weighted by molar-refractivity contribution is -0.122. The van der Waals surface area contributed by atoms with E-state index in [0.29, 0.717) is 22.0 Å². The summed E-state index contributed by atoms with van der Waals surface area (Å²) in [5, 5.41) is 2.35. The number of hydrogen-bond acceptors (Lipinski definition) is 6. The minimum Gasteiger partial charge on any atom is -0.466 e. The van der Waals surface area contributed by atoms with Crippen molar-refractivity contribution in [2.24, 2.45) is 0 Å². The molecule has 1 saturated heterocycles. The van der Waals surface area contributed by atoms with Crippen LogP contribution in [0.25, 0.3) is 6.08 Å². The van der Waals surface area contributed by atoms with E-state index in [1.165, 1.54) is 0 Å². The number of rotatable bonds is 5. The zero-order valence-corrected chi connectivity index (χ0v) is 15.1. The van der Waals surface area contributed by atoms with E-state index >= 15 is 0 Å². The van der Waals surface area contributed by atoms with Crippen molar-refractivity contribution in [3.8, 4) is 0 Å². The summed E-state index contributed by atoms with van der Waals surface area (Å²) >= 11 is 0.881. The lowest BCUT2D eigenvalue weighted by Gasteiger charge is -2.12. The Morgan fingerprint density at radius 3 is 2.85 bits per heavy atom. The molecule has 7 nitrogen and oxygen atoms in total. The first-order valence-corrected chi connectivity index (χ1v) is 8.78. The summed E-state index contributed by atoms with van der Waals surface area (Å²) in [5.41, 5.74) is 1.20. The molecule has 0 aromatic carbocycles. The third kappa shape index (κ3) is 3.85. The summed E-state index contributed by atoms with van der Waals surface area (Å²) in [6, 6.07) is 5.21. The van der Waals surface area contributed by atoms with Gasteiger partial charge in [0.05, 0.1) is 10.5 Å². The molecule has 3 rings (SSSR count). The van der Waals surface area contributed by atoms with Crippen molar-refractivity contribution in [3.05, 3.63) is 58.1 Å². The van der Waals surface area contributed by atoms with Crippen molar-refractivity contribution in [2.45, 2.75) is 13.8 Å². The molecule has 1 fully saturated rings. The lowest BCUT2D eigenvalue weighted by Crippen LogP contribution is -2.37. The molecule has 0 unspecified atom stereocenters. The molecule has 26 heavy (non-hydrogen) atoms. The number of furan rings is 1. The van der Waals surface area contributed by atoms with Gasteiger partial charge in [0.1, 0.15) is 11.5 Å². The maximum atomic E-state index is 12.4. The predicted molar refractivity (Wildman–Crippen MR) is 97.4 cm³/mol. The molecule has 2 aromatic rings. The average molecular weight is 371 g/mol. The Morgan fingerprint density at radius 1 is 1.38 bits per heavy atom. The fourth-order valence-corrected chi connectivity index (χ4v) is 3.40. The van der Waals surface area contributed by atoms with E-state index in [9.17, 15) is 14.4 Å². The molecule has 3 heterocycles. The van der Waals surface area contributed by atoms with Gasteiger partial charge in [-0.2, -0.15) is 0 Å². The number of hydrogen-bond donors (Lipinski definition) is 1. The van der Waals surface area contributed by atoms with Crippen LogP contribution >= 0.6 is 11.8 Å². The summed E-state index contributed by atoms with van der Waals surface area (Å²) in [4.78, 5) is 42.0. The highest BCUT2D eigenvalue weighted by molar-refractivity contribution is 8.18. The molecule has 3 amide bonds. The van der Waals surface area contributed by atoms with Crippen molar-refractivity contribution in [3.63, 3.8) is 0 Å². The van der Waals surface area contributed by atoms with Gasteiger partial charge >= 0.3 is 0 Å². The molecule has 0 bridgehead atoms. The summed E-state index contributed by atoms with van der Waals surface area (Å²) in [7, 11) is 0. The molecule has 0 saturated carbocycles. The van der Waals surface area contributed by atoms with E-state index in [4.69, 9.17) is 4.42 Å². The number of thioether (sulfide) groups is 1. The summed E-state index contributed by atoms with van der Waals surface area (Å²) in [5.74, 6) is 0.523. The van der Waals surface area contributed by atoms with Gasteiger partial charge in [0.2, 0.25) is 0 Å². The molecule has 1 aliphatic rings. The Morgan fingerprint density at radius 2 is 2.19 bits per heavy atom. The summed E-state index contributed by atoms with van der Waals surface area (Å²) < 4.78 is 5.32. The SMILES string of the molecule is Cc1cc(C(=O)NCCN2C(=O)S/C(=C/c3cccnc3)C2=O)c(C)o1. The van der Waals surface area contributed by atoms with E-state index in [1.54, 1.807) is 50.5 Å². The molecule has 1 N–H and O–H groups in total. The van der Waals surface area contributed by atoms with Crippen molar-refractivity contribution in [2.75, 3.05) is 13.1 Å². The van der Waals surface area contributed by atoms with Crippen LogP contribution in [0.15, 0.2) is 39.9 Å². The van der Waals surface area contributed by atoms with Crippen molar-refractivity contribution < 1.29 is 18.8 Å². The Hall–Kier alpha value is -2.87. The second-order valence-electron chi connectivity index (χ2n) is 5.70. The number of carbonyl (C=O) groups is 3. The zero-order valence-electron chi connectivity index (χ0n) is 14.3. The minimum atomic E-state index is -0.367. The number of carbonyl (C=O) groups excluding carboxylic acids is 3. The highest BCUT2D eigenvalue weighted by atomic mass is 32.2. The summed E-state index contributed by atoms with van der Waals surface area (Å²) in [6.07, 6.45) is 4.88. The lowest BCUT2D eigenvalue weighted by atomic mass is 10.2. The second-order valence-corrected chi connectivity index (χ2v) is 6.70. The third-order valence-electron chi connectivity index (χ3n) is 3.76. The van der Waals surface area contributed by atoms with Crippen LogP contribution in [0.2, 0.25) is 0 Å². The number of aryl methyl sites for hydroxylation is 2. The van der Waals surface area contributed by atoms with E-state index in [-0.39, 0.29) is 30.1 Å². The Balaban J connectivity index is 1.59. The van der Waals surface area contributed by atoms with Gasteiger partial charge in [-0.15, -0.1) is 0 Å². The number of pyridine rings is 1. The molecule has 0 spiro atoms. The number of nitrogens with zero attached hydrogens (tertiary/aromatic N) is 2. The van der Waals surface area contributed by atoms with Gasteiger partial charge in [0.15, 0.2) is 0 Å². The number of nitrogens with one attached hydrogen (secondary N) is 1. The summed E-state index contributed by atoms with van der Waals surface area (Å²) in [6.45, 7) is 3.75. The Labute approximate surface area is 154 Å². The van der Waals surface area contributed by atoms with Crippen molar-refractivity contribution in [1.82, 2.24) is 15.2 Å². The molecule has 0 atom stereocenters. The standard InChI is InChI=1S/C18H17N3O4S/c1-11-8-14(12(2)25-11)16(22)20-6-7-21-17(23)15(26-18(21)24)9-13-4-3-5-19-10-13/h3-5,8-10H,6-7H2,1-2H3,(H,20,22)/b15-9+. The maximum Gasteiger partial charge on any atom is 0.293 e. The van der Waals surface area contributed by atoms with Crippen LogP contribution in [0.5, 0.6) is 0 Å². The predicted octanol–water partition coefficient (Wildman–Crippen LogP) is 2.76. The van der Waals surface area contributed by atoms with Crippen LogP contribution in [-0.4, -0.2) is 40.0 Å². The van der Waals surface area contributed by atoms with Gasteiger partial charge in [0, 0.05) is 25.5 Å². The van der Waals surface area contributed by atoms with E-state index in [2.05, 4.69) is 10.3 Å². The normalized spacial score (nSPS) is 15.8. The van der Waals surface area contributed by atoms with Crippen LogP contribution < -0.4 is 5.32 Å². The van der Waals surface area contributed by atoms with E-state index in [1.807, 2.05) is 0 Å². The van der Waals surface area contributed by atoms with Gasteiger partial charge in [-0.1, -0.05) is 6.07 Å². The smallest absolute Gasteiger partial charge is 0.293 e. The number of imide groups is 1. The van der Waals surface area contributed by atoms with Crippen molar-refractivity contribution in [1.29, 1.82) is 0 Å². The fourth-order valence-electron chi connectivity index (χ4n) is 2.54.